The molecule has 1 aliphatic rings. The molecule has 3 N–H and O–H groups in total. The number of para-hydroxylation sites is 1. The second-order valence-corrected chi connectivity index (χ2v) is 10.7. The molecule has 45 heavy (non-hydrogen) atoms. The summed E-state index contributed by atoms with van der Waals surface area (Å²) in [6.45, 7) is 4.93. The zero-order chi connectivity index (χ0) is 31.5. The zero-order valence-electron chi connectivity index (χ0n) is 25.4. The Bertz CT molecular complexity index is 1590. The van der Waals surface area contributed by atoms with E-state index < -0.39 is 11.6 Å². The van der Waals surface area contributed by atoms with Gasteiger partial charge in [0.05, 0.1) is 13.7 Å². The van der Waals surface area contributed by atoms with Crippen LogP contribution in [-0.2, 0) is 16.0 Å². The average Bonchev–Trinajstić information content (AvgIpc) is 3.48. The van der Waals surface area contributed by atoms with Crippen molar-refractivity contribution < 1.29 is 24.1 Å². The van der Waals surface area contributed by atoms with Crippen molar-refractivity contribution in [1.29, 1.82) is 0 Å². The van der Waals surface area contributed by atoms with Gasteiger partial charge >= 0.3 is 0 Å². The molecule has 8 heteroatoms. The number of carbonyl (C=O) groups is 1. The minimum atomic E-state index is -1.31. The fourth-order valence-electron chi connectivity index (χ4n) is 5.37. The highest BCUT2D eigenvalue weighted by atomic mass is 16.5. The van der Waals surface area contributed by atoms with Crippen LogP contribution in [0.25, 0.3) is 11.1 Å². The van der Waals surface area contributed by atoms with Gasteiger partial charge in [-0.15, -0.1) is 6.58 Å². The van der Waals surface area contributed by atoms with Crippen LogP contribution >= 0.6 is 0 Å². The monoisotopic (exact) mass is 605 g/mol. The van der Waals surface area contributed by atoms with E-state index in [1.54, 1.807) is 13.2 Å². The molecule has 0 bridgehead atoms. The van der Waals surface area contributed by atoms with Crippen molar-refractivity contribution in [3.63, 3.8) is 0 Å². The molecule has 0 saturated carbocycles. The van der Waals surface area contributed by atoms with Crippen molar-refractivity contribution in [2.45, 2.75) is 30.9 Å². The molecule has 5 rings (SSSR count). The van der Waals surface area contributed by atoms with E-state index >= 15 is 0 Å². The third-order valence-corrected chi connectivity index (χ3v) is 7.72. The molecule has 0 unspecified atom stereocenters. The molecule has 0 aromatic heterocycles. The number of amides is 1. The number of rotatable bonds is 15. The minimum Gasteiger partial charge on any atom is -0.496 e. The van der Waals surface area contributed by atoms with Crippen molar-refractivity contribution in [2.24, 2.45) is 4.99 Å². The fourth-order valence-corrected chi connectivity index (χ4v) is 5.37. The normalized spacial score (nSPS) is 17.2. The highest BCUT2D eigenvalue weighted by molar-refractivity contribution is 6.01. The van der Waals surface area contributed by atoms with E-state index in [-0.39, 0.29) is 18.9 Å². The summed E-state index contributed by atoms with van der Waals surface area (Å²) in [6, 6.07) is 33.4. The van der Waals surface area contributed by atoms with E-state index in [2.05, 4.69) is 29.6 Å². The van der Waals surface area contributed by atoms with Crippen molar-refractivity contribution in [3.05, 3.63) is 132 Å². The first-order valence-corrected chi connectivity index (χ1v) is 15.1. The Labute approximate surface area is 264 Å². The summed E-state index contributed by atoms with van der Waals surface area (Å²) in [5, 5.41) is 9.04. The van der Waals surface area contributed by atoms with Gasteiger partial charge in [-0.3, -0.25) is 10.2 Å². The van der Waals surface area contributed by atoms with Crippen molar-refractivity contribution in [2.75, 3.05) is 26.9 Å². The predicted molar refractivity (Wildman–Crippen MR) is 176 cm³/mol. The quantitative estimate of drug-likeness (QED) is 0.0897. The number of carbonyl (C=O) groups excluding carboxylic acids is 1. The number of nitrogens with one attached hydrogen (secondary N) is 2. The van der Waals surface area contributed by atoms with Gasteiger partial charge < -0.3 is 19.3 Å². The largest absolute Gasteiger partial charge is 0.496 e. The number of ether oxygens (including phenoxy) is 3. The van der Waals surface area contributed by atoms with E-state index in [1.165, 1.54) is 0 Å². The van der Waals surface area contributed by atoms with E-state index in [0.717, 1.165) is 33.6 Å². The van der Waals surface area contributed by atoms with Crippen LogP contribution in [0.15, 0.2) is 121 Å². The standard InChI is InChI=1S/C37H39N3O5/c1-3-23-37(36(42)40-38-24-22-29-12-7-8-13-33(29)43-2)34(30-16-14-28(15-17-30)27-10-5-4-6-11-27)45-35(39-37)31-18-20-32(21-19-31)44-26-9-25-41/h3-8,10-21,34,38,41H,1,9,22-26H2,2H3,(H,40,42)/t34-,37-/m0/s1. The van der Waals surface area contributed by atoms with Gasteiger partial charge in [-0.05, 0) is 59.0 Å². The SMILES string of the molecule is C=CC[C@]1(C(=O)NNCCc2ccccc2OC)N=C(c2ccc(OCCCO)cc2)O[C@H]1c1ccc(-c2ccccc2)cc1. The molecule has 1 amide bonds. The highest BCUT2D eigenvalue weighted by Gasteiger charge is 2.52. The number of nitrogens with zero attached hydrogens (tertiary/aromatic N) is 1. The van der Waals surface area contributed by atoms with Gasteiger partial charge in [0.1, 0.15) is 11.5 Å². The van der Waals surface area contributed by atoms with Gasteiger partial charge in [-0.1, -0.05) is 78.9 Å². The Morgan fingerprint density at radius 3 is 2.36 bits per heavy atom. The Morgan fingerprint density at radius 1 is 0.956 bits per heavy atom. The molecule has 1 aliphatic heterocycles. The summed E-state index contributed by atoms with van der Waals surface area (Å²) in [6.07, 6.45) is 2.46. The molecule has 2 atom stereocenters. The number of aliphatic hydroxyl groups is 1. The van der Waals surface area contributed by atoms with E-state index in [1.807, 2.05) is 91.0 Å². The molecule has 0 aliphatic carbocycles. The average molecular weight is 606 g/mol. The number of aliphatic hydroxyl groups excluding tert-OH is 1. The number of methoxy groups -OCH3 is 1. The van der Waals surface area contributed by atoms with Crippen LogP contribution in [0.1, 0.15) is 35.6 Å². The lowest BCUT2D eigenvalue weighted by Gasteiger charge is -2.29. The number of hydrazine groups is 1. The molecular weight excluding hydrogens is 566 g/mol. The van der Waals surface area contributed by atoms with Crippen LogP contribution in [0.4, 0.5) is 0 Å². The third-order valence-electron chi connectivity index (χ3n) is 7.72. The molecule has 4 aromatic rings. The zero-order valence-corrected chi connectivity index (χ0v) is 25.4. The van der Waals surface area contributed by atoms with Crippen molar-refractivity contribution in [3.8, 4) is 22.6 Å². The summed E-state index contributed by atoms with van der Waals surface area (Å²) in [5.41, 5.74) is 9.42. The number of hydrogen-bond acceptors (Lipinski definition) is 7. The van der Waals surface area contributed by atoms with E-state index in [4.69, 9.17) is 24.3 Å². The third kappa shape index (κ3) is 7.42. The topological polar surface area (TPSA) is 101 Å². The molecule has 232 valence electrons. The van der Waals surface area contributed by atoms with Crippen LogP contribution in [-0.4, -0.2) is 49.3 Å². The van der Waals surface area contributed by atoms with E-state index in [0.29, 0.717) is 37.6 Å². The van der Waals surface area contributed by atoms with Gasteiger partial charge in [-0.25, -0.2) is 10.4 Å². The molecular formula is C37H39N3O5. The van der Waals surface area contributed by atoms with Crippen LogP contribution in [0.2, 0.25) is 0 Å². The summed E-state index contributed by atoms with van der Waals surface area (Å²) >= 11 is 0. The number of benzene rings is 4. The van der Waals surface area contributed by atoms with Crippen LogP contribution in [0.5, 0.6) is 11.5 Å². The predicted octanol–water partition coefficient (Wildman–Crippen LogP) is 5.82. The maximum atomic E-state index is 14.1. The summed E-state index contributed by atoms with van der Waals surface area (Å²) in [4.78, 5) is 19.0. The van der Waals surface area contributed by atoms with Gasteiger partial charge in [0.25, 0.3) is 5.91 Å². The number of aliphatic imine (C=N–C) groups is 1. The highest BCUT2D eigenvalue weighted by Crippen LogP contribution is 2.43. The van der Waals surface area contributed by atoms with Crippen molar-refractivity contribution >= 4 is 11.8 Å². The van der Waals surface area contributed by atoms with Gasteiger partial charge in [-0.2, -0.15) is 0 Å². The van der Waals surface area contributed by atoms with Crippen molar-refractivity contribution in [1.82, 2.24) is 10.9 Å². The lowest BCUT2D eigenvalue weighted by molar-refractivity contribution is -0.129. The second-order valence-electron chi connectivity index (χ2n) is 10.7. The summed E-state index contributed by atoms with van der Waals surface area (Å²) < 4.78 is 17.7. The lowest BCUT2D eigenvalue weighted by Crippen LogP contribution is -2.52. The van der Waals surface area contributed by atoms with Crippen LogP contribution < -0.4 is 20.3 Å². The Kier molecular flexibility index (Phi) is 10.6. The molecule has 0 saturated heterocycles. The maximum absolute atomic E-state index is 14.1. The Hall–Kier alpha value is -4.92. The molecule has 1 heterocycles. The Balaban J connectivity index is 1.40. The first kappa shape index (κ1) is 31.5. The van der Waals surface area contributed by atoms with E-state index in [9.17, 15) is 4.79 Å². The van der Waals surface area contributed by atoms with Crippen LogP contribution in [0.3, 0.4) is 0 Å². The van der Waals surface area contributed by atoms with Gasteiger partial charge in [0.2, 0.25) is 5.90 Å². The molecule has 8 nitrogen and oxygen atoms in total. The minimum absolute atomic E-state index is 0.0687. The smallest absolute Gasteiger partial charge is 0.266 e. The fraction of sp³-hybridized carbons (Fsp3) is 0.243. The van der Waals surface area contributed by atoms with Crippen LogP contribution in [0, 0.1) is 0 Å². The molecule has 0 spiro atoms. The summed E-state index contributed by atoms with van der Waals surface area (Å²) in [5.74, 6) is 1.52. The van der Waals surface area contributed by atoms with Gasteiger partial charge in [0.15, 0.2) is 11.6 Å². The maximum Gasteiger partial charge on any atom is 0.266 e. The molecule has 4 aromatic carbocycles. The lowest BCUT2D eigenvalue weighted by atomic mass is 9.84. The summed E-state index contributed by atoms with van der Waals surface area (Å²) in [7, 11) is 1.65. The Morgan fingerprint density at radius 2 is 1.64 bits per heavy atom. The number of hydrogen-bond donors (Lipinski definition) is 3. The first-order chi connectivity index (χ1) is 22.1. The molecule has 0 radical (unpaired) electrons. The second kappa shape index (κ2) is 15.2. The first-order valence-electron chi connectivity index (χ1n) is 15.1. The van der Waals surface area contributed by atoms with Gasteiger partial charge in [0, 0.05) is 31.6 Å². The molecule has 0 fully saturated rings.